The molecule has 0 aromatic heterocycles. The van der Waals surface area contributed by atoms with Gasteiger partial charge in [-0.2, -0.15) is 0 Å². The van der Waals surface area contributed by atoms with Gasteiger partial charge in [0.25, 0.3) is 0 Å². The van der Waals surface area contributed by atoms with Crippen LogP contribution in [0.3, 0.4) is 0 Å². The topological polar surface area (TPSA) is 137 Å². The molecule has 12 nitrogen and oxygen atoms in total. The van der Waals surface area contributed by atoms with Crippen LogP contribution in [0.1, 0.15) is 0 Å². The van der Waals surface area contributed by atoms with E-state index in [-0.39, 0.29) is 0 Å². The van der Waals surface area contributed by atoms with Crippen molar-refractivity contribution in [3.05, 3.63) is 0 Å². The van der Waals surface area contributed by atoms with Crippen molar-refractivity contribution in [3.63, 3.8) is 0 Å². The Morgan fingerprint density at radius 2 is 1.23 bits per heavy atom. The predicted molar refractivity (Wildman–Crippen MR) is 20.7 cm³/mol. The molecule has 78 valence electrons. The number of hydrogen-bond donors (Lipinski definition) is 1. The quantitative estimate of drug-likeness (QED) is 0.244. The molecule has 0 fully saturated rings. The molecule has 0 aromatic rings. The van der Waals surface area contributed by atoms with E-state index in [0.29, 0.717) is 0 Å². The van der Waals surface area contributed by atoms with Crippen molar-refractivity contribution in [2.75, 3.05) is 0 Å². The van der Waals surface area contributed by atoms with Gasteiger partial charge in [0.2, 0.25) is 0 Å². The predicted octanol–water partition coefficient (Wildman–Crippen LogP) is 0.0167. The molecule has 0 aliphatic heterocycles. The Kier molecular flexibility index (Phi) is 9.22. The zero-order chi connectivity index (χ0) is 9.94. The van der Waals surface area contributed by atoms with Gasteiger partial charge in [0.05, 0.1) is 0 Å². The highest BCUT2D eigenvalue weighted by atomic mass is 31.1. The van der Waals surface area contributed by atoms with Crippen LogP contribution in [-0.4, -0.2) is 5.26 Å². The molecule has 0 unspecified atom stereocenters. The highest BCUT2D eigenvalue weighted by Gasteiger charge is 1.97. The average Bonchev–Trinajstić information content (AvgIpc) is 2.09. The summed E-state index contributed by atoms with van der Waals surface area (Å²) < 4.78 is 22.4. The van der Waals surface area contributed by atoms with Crippen LogP contribution in [0.25, 0.3) is 0 Å². The second-order valence-electron chi connectivity index (χ2n) is 0.849. The maximum absolute atomic E-state index is 9.57. The normalized spacial score (nSPS) is 10.2. The van der Waals surface area contributed by atoms with Gasteiger partial charge in [0, 0.05) is 0 Å². The monoisotopic (exact) mass is 224 g/mol. The highest BCUT2D eigenvalue weighted by molar-refractivity contribution is 7.24. The van der Waals surface area contributed by atoms with Crippen molar-refractivity contribution in [3.8, 4) is 0 Å². The van der Waals surface area contributed by atoms with Gasteiger partial charge >= 0.3 is 7.91 Å². The zero-order valence-electron chi connectivity index (χ0n) is 5.39. The van der Waals surface area contributed by atoms with Gasteiger partial charge in [-0.15, -0.1) is 0 Å². The minimum atomic E-state index is -3.26. The van der Waals surface area contributed by atoms with Crippen LogP contribution >= 0.6 is 7.91 Å². The Morgan fingerprint density at radius 3 is 1.69 bits per heavy atom. The van der Waals surface area contributed by atoms with Crippen molar-refractivity contribution in [2.24, 2.45) is 0 Å². The Bertz CT molecular complexity index is 149. The van der Waals surface area contributed by atoms with Crippen LogP contribution in [-0.2, 0) is 54.1 Å². The maximum atomic E-state index is 9.57. The molecule has 0 aromatic carbocycles. The fourth-order valence-electron chi connectivity index (χ4n) is 0.106. The third-order valence-electron chi connectivity index (χ3n) is 0.288. The third kappa shape index (κ3) is 11.5. The summed E-state index contributed by atoms with van der Waals surface area (Å²) in [5, 5.41) is 33.4. The summed E-state index contributed by atoms with van der Waals surface area (Å²) in [6.07, 6.45) is 0. The molecular weight excluding hydrogens is 223 g/mol. The maximum Gasteiger partial charge on any atom is 0.498 e. The largest absolute Gasteiger partial charge is 0.498 e. The van der Waals surface area contributed by atoms with E-state index in [0.717, 1.165) is 0 Å². The first-order chi connectivity index (χ1) is 6.27. The summed E-state index contributed by atoms with van der Waals surface area (Å²) in [6, 6.07) is 0. The van der Waals surface area contributed by atoms with Crippen LogP contribution in [0, 0.1) is 0 Å². The average molecular weight is 224 g/mol. The molecule has 13 heteroatoms. The zero-order valence-corrected chi connectivity index (χ0v) is 6.28. The first-order valence-electron chi connectivity index (χ1n) is 2.06. The van der Waals surface area contributed by atoms with Gasteiger partial charge in [0.15, 0.2) is 0 Å². The Morgan fingerprint density at radius 1 is 0.769 bits per heavy atom. The summed E-state index contributed by atoms with van der Waals surface area (Å²) in [5.41, 5.74) is 0. The van der Waals surface area contributed by atoms with Crippen LogP contribution in [0.4, 0.5) is 0 Å². The van der Waals surface area contributed by atoms with E-state index in [4.69, 9.17) is 5.26 Å². The van der Waals surface area contributed by atoms with Crippen molar-refractivity contribution in [1.82, 2.24) is 0 Å². The molecule has 0 spiro atoms. The number of hydrogen-bond acceptors (Lipinski definition) is 12. The fraction of sp³-hybridized carbons (Fsp3) is 0. The molecule has 0 radical (unpaired) electrons. The number of rotatable bonds is 9. The lowest BCUT2D eigenvalue weighted by Gasteiger charge is -1.94. The van der Waals surface area contributed by atoms with E-state index in [2.05, 4.69) is 45.0 Å². The lowest BCUT2D eigenvalue weighted by molar-refractivity contribution is -0.840. The smallest absolute Gasteiger partial charge is 0.219 e. The molecule has 1 N–H and O–H groups in total. The van der Waals surface area contributed by atoms with E-state index in [1.165, 1.54) is 0 Å². The summed E-state index contributed by atoms with van der Waals surface area (Å²) in [7, 11) is -3.26. The van der Waals surface area contributed by atoms with E-state index in [1.54, 1.807) is 0 Å². The van der Waals surface area contributed by atoms with Crippen molar-refractivity contribution < 1.29 is 59.4 Å². The summed E-state index contributed by atoms with van der Waals surface area (Å²) >= 11 is 0. The van der Waals surface area contributed by atoms with Crippen molar-refractivity contribution in [1.29, 1.82) is 0 Å². The molecule has 0 saturated heterocycles. The second-order valence-corrected chi connectivity index (χ2v) is 1.45. The molecule has 0 atom stereocenters. The van der Waals surface area contributed by atoms with E-state index in [1.807, 2.05) is 0 Å². The Balaban J connectivity index is 2.91. The fourth-order valence-corrected chi connectivity index (χ4v) is 0.181. The molecule has 0 heterocycles. The molecule has 0 saturated carbocycles. The van der Waals surface area contributed by atoms with Gasteiger partial charge in [-0.1, -0.05) is 4.67 Å². The van der Waals surface area contributed by atoms with Gasteiger partial charge in [-0.05, 0) is 40.3 Å². The lowest BCUT2D eigenvalue weighted by atomic mass is 14.1. The molecular formula is HO12P. The standard InChI is InChI=1S/HO12P/c1-4-5-6-7-8-9-10-11-12-13(2)3/h1H. The molecule has 0 bridgehead atoms. The highest BCUT2D eigenvalue weighted by Crippen LogP contribution is 2.05. The Labute approximate surface area is 68.6 Å². The van der Waals surface area contributed by atoms with Crippen LogP contribution in [0.5, 0.6) is 0 Å². The first kappa shape index (κ1) is 12.5. The van der Waals surface area contributed by atoms with Crippen LogP contribution in [0.2, 0.25) is 0 Å². The van der Waals surface area contributed by atoms with Crippen LogP contribution in [0.15, 0.2) is 0 Å². The minimum absolute atomic E-state index is 2.84. The molecule has 0 aliphatic rings. The Hall–Kier alpha value is -0.500. The van der Waals surface area contributed by atoms with Crippen molar-refractivity contribution in [2.45, 2.75) is 0 Å². The molecule has 0 rings (SSSR count). The lowest BCUT2D eigenvalue weighted by Crippen LogP contribution is -2.00. The van der Waals surface area contributed by atoms with Gasteiger partial charge in [-0.3, -0.25) is 0 Å². The summed E-state index contributed by atoms with van der Waals surface area (Å²) in [6.45, 7) is 0. The minimum Gasteiger partial charge on any atom is -0.219 e. The van der Waals surface area contributed by atoms with Gasteiger partial charge in [-0.25, -0.2) is 14.4 Å². The van der Waals surface area contributed by atoms with E-state index in [9.17, 15) is 9.13 Å². The van der Waals surface area contributed by atoms with Gasteiger partial charge in [0.1, 0.15) is 0 Å². The van der Waals surface area contributed by atoms with Gasteiger partial charge < -0.3 is 0 Å². The van der Waals surface area contributed by atoms with Crippen LogP contribution < -0.4 is 0 Å². The van der Waals surface area contributed by atoms with E-state index >= 15 is 0 Å². The summed E-state index contributed by atoms with van der Waals surface area (Å²) in [5.74, 6) is 0. The van der Waals surface area contributed by atoms with Crippen molar-refractivity contribution >= 4 is 7.91 Å². The third-order valence-corrected chi connectivity index (χ3v) is 0.471. The van der Waals surface area contributed by atoms with E-state index < -0.39 is 7.91 Å². The SMILES string of the molecule is O=P(=O)OOOOOOOOOO. The molecule has 0 amide bonds. The molecule has 13 heavy (non-hydrogen) atoms. The molecule has 0 aliphatic carbocycles. The first-order valence-corrected chi connectivity index (χ1v) is 3.16. The summed E-state index contributed by atoms with van der Waals surface area (Å²) in [4.78, 5) is 0. The second kappa shape index (κ2) is 9.59.